The molecule has 42 heavy (non-hydrogen) atoms. The third kappa shape index (κ3) is 6.46. The molecule has 11 heteroatoms. The summed E-state index contributed by atoms with van der Waals surface area (Å²) in [6.45, 7) is 1.97. The molecule has 4 nitrogen and oxygen atoms in total. The Morgan fingerprint density at radius 1 is 0.786 bits per heavy atom. The molecule has 2 aromatic rings. The smallest absolute Gasteiger partial charge is 0.338 e. The van der Waals surface area contributed by atoms with E-state index in [0.29, 0.717) is 30.6 Å². The number of carbonyl (C=O) groups is 1. The minimum absolute atomic E-state index is 0.00106. The fourth-order valence-electron chi connectivity index (χ4n) is 6.92. The lowest BCUT2D eigenvalue weighted by Crippen LogP contribution is -2.52. The zero-order valence-corrected chi connectivity index (χ0v) is 23.0. The van der Waals surface area contributed by atoms with Gasteiger partial charge in [0.05, 0.1) is 11.1 Å². The van der Waals surface area contributed by atoms with Crippen molar-refractivity contribution in [1.82, 2.24) is 15.1 Å². The second-order valence-electron chi connectivity index (χ2n) is 12.4. The number of amides is 1. The number of hydrogen-bond acceptors (Lipinski definition) is 3. The molecule has 0 spiro atoms. The fraction of sp³-hybridized carbons (Fsp3) is 0.581. The lowest BCUT2D eigenvalue weighted by atomic mass is 9.84. The van der Waals surface area contributed by atoms with E-state index in [1.54, 1.807) is 12.1 Å². The lowest BCUT2D eigenvalue weighted by molar-refractivity contribution is -0.143. The summed E-state index contributed by atoms with van der Waals surface area (Å²) in [5, 5.41) is 3.91. The van der Waals surface area contributed by atoms with Crippen LogP contribution < -0.4 is 5.32 Å². The van der Waals surface area contributed by atoms with Crippen molar-refractivity contribution in [1.29, 1.82) is 0 Å². The van der Waals surface area contributed by atoms with Crippen LogP contribution in [0.5, 0.6) is 0 Å². The molecular weight excluding hydrogens is 563 g/mol. The number of halogens is 7. The molecule has 1 N–H and O–H groups in total. The predicted octanol–water partition coefficient (Wildman–Crippen LogP) is 6.71. The molecule has 2 saturated heterocycles. The SMILES string of the molecule is O=C(c1cc(C(F)(F)F)cc(C(F)(F)F)c1)N1CCC(N2CCC(NC(C3CC3)C3CC3)C2)C(c2ccc(F)cc2)C1. The number of likely N-dealkylation sites (tertiary alicyclic amines) is 2. The molecular formula is C31H34F7N3O. The van der Waals surface area contributed by atoms with Gasteiger partial charge in [-0.15, -0.1) is 0 Å². The molecule has 3 unspecified atom stereocenters. The molecule has 4 aliphatic rings. The number of carbonyl (C=O) groups excluding carboxylic acids is 1. The summed E-state index contributed by atoms with van der Waals surface area (Å²) in [4.78, 5) is 17.2. The standard InChI is InChI=1S/C31H34F7N3O/c32-24-7-5-18(6-8-24)26-17-41(29(42)21-13-22(30(33,34)35)15-23(14-21)31(36,37)38)12-10-27(26)40-11-9-25(16-40)39-28(19-1-2-19)20-3-4-20/h5-8,13-15,19-20,25-28,39H,1-4,9-12,16-17H2. The normalized spacial score (nSPS) is 25.8. The molecule has 2 saturated carbocycles. The van der Waals surface area contributed by atoms with Gasteiger partial charge in [-0.05, 0) is 86.3 Å². The van der Waals surface area contributed by atoms with Gasteiger partial charge in [0.15, 0.2) is 0 Å². The molecule has 2 aliphatic carbocycles. The summed E-state index contributed by atoms with van der Waals surface area (Å²) < 4.78 is 94.5. The number of nitrogens with zero attached hydrogens (tertiary/aromatic N) is 2. The van der Waals surface area contributed by atoms with E-state index in [-0.39, 0.29) is 31.1 Å². The Kier molecular flexibility index (Phi) is 7.79. The van der Waals surface area contributed by atoms with Gasteiger partial charge in [-0.3, -0.25) is 9.69 Å². The maximum Gasteiger partial charge on any atom is 0.416 e. The maximum absolute atomic E-state index is 13.8. The number of piperidine rings is 1. The molecule has 4 fully saturated rings. The minimum atomic E-state index is -5.04. The fourth-order valence-corrected chi connectivity index (χ4v) is 6.92. The van der Waals surface area contributed by atoms with E-state index in [9.17, 15) is 35.5 Å². The molecule has 1 amide bonds. The molecule has 0 bridgehead atoms. The first kappa shape index (κ1) is 29.4. The van der Waals surface area contributed by atoms with E-state index in [1.165, 1.54) is 42.7 Å². The first-order valence-electron chi connectivity index (χ1n) is 14.7. The van der Waals surface area contributed by atoms with Crippen molar-refractivity contribution < 1.29 is 35.5 Å². The van der Waals surface area contributed by atoms with Gasteiger partial charge in [-0.2, -0.15) is 26.3 Å². The van der Waals surface area contributed by atoms with Gasteiger partial charge < -0.3 is 10.2 Å². The third-order valence-corrected chi connectivity index (χ3v) is 9.37. The van der Waals surface area contributed by atoms with E-state index in [2.05, 4.69) is 10.2 Å². The number of nitrogens with one attached hydrogen (secondary N) is 1. The van der Waals surface area contributed by atoms with Gasteiger partial charge in [0.1, 0.15) is 5.82 Å². The van der Waals surface area contributed by atoms with Gasteiger partial charge in [0.2, 0.25) is 0 Å². The summed E-state index contributed by atoms with van der Waals surface area (Å²) in [5.41, 5.74) is -2.90. The van der Waals surface area contributed by atoms with Crippen LogP contribution in [0.15, 0.2) is 42.5 Å². The Hall–Kier alpha value is -2.66. The van der Waals surface area contributed by atoms with Crippen LogP contribution in [0.4, 0.5) is 30.7 Å². The molecule has 0 radical (unpaired) electrons. The van der Waals surface area contributed by atoms with Crippen molar-refractivity contribution in [3.8, 4) is 0 Å². The van der Waals surface area contributed by atoms with Crippen LogP contribution in [0.2, 0.25) is 0 Å². The first-order chi connectivity index (χ1) is 19.9. The number of rotatable bonds is 7. The summed E-state index contributed by atoms with van der Waals surface area (Å²) in [7, 11) is 0. The number of benzene rings is 2. The van der Waals surface area contributed by atoms with Crippen molar-refractivity contribution in [3.05, 3.63) is 70.5 Å². The molecule has 2 aliphatic heterocycles. The van der Waals surface area contributed by atoms with Gasteiger partial charge in [0.25, 0.3) is 5.91 Å². The molecule has 0 aromatic heterocycles. The van der Waals surface area contributed by atoms with Crippen LogP contribution in [0.25, 0.3) is 0 Å². The summed E-state index contributed by atoms with van der Waals surface area (Å²) in [5.74, 6) is -0.0466. The highest BCUT2D eigenvalue weighted by Gasteiger charge is 2.45. The Balaban J connectivity index is 1.22. The van der Waals surface area contributed by atoms with Gasteiger partial charge in [-0.1, -0.05) is 12.1 Å². The molecule has 228 valence electrons. The average Bonchev–Trinajstić information content (AvgIpc) is 3.89. The highest BCUT2D eigenvalue weighted by molar-refractivity contribution is 5.95. The van der Waals surface area contributed by atoms with Crippen LogP contribution in [0.1, 0.15) is 71.5 Å². The molecule has 2 heterocycles. The second-order valence-corrected chi connectivity index (χ2v) is 12.4. The van der Waals surface area contributed by atoms with Gasteiger partial charge in [-0.25, -0.2) is 4.39 Å². The van der Waals surface area contributed by atoms with Crippen molar-refractivity contribution in [3.63, 3.8) is 0 Å². The highest BCUT2D eigenvalue weighted by Crippen LogP contribution is 2.45. The highest BCUT2D eigenvalue weighted by atomic mass is 19.4. The summed E-state index contributed by atoms with van der Waals surface area (Å²) >= 11 is 0. The number of alkyl halides is 6. The largest absolute Gasteiger partial charge is 0.416 e. The van der Waals surface area contributed by atoms with Crippen molar-refractivity contribution >= 4 is 5.91 Å². The van der Waals surface area contributed by atoms with Crippen molar-refractivity contribution in [2.75, 3.05) is 26.2 Å². The van der Waals surface area contributed by atoms with Crippen molar-refractivity contribution in [2.45, 2.75) is 74.9 Å². The van der Waals surface area contributed by atoms with E-state index in [0.717, 1.165) is 36.9 Å². The zero-order valence-electron chi connectivity index (χ0n) is 23.0. The first-order valence-corrected chi connectivity index (χ1v) is 14.7. The molecule has 3 atom stereocenters. The second kappa shape index (κ2) is 11.1. The van der Waals surface area contributed by atoms with Crippen LogP contribution in [-0.2, 0) is 12.4 Å². The third-order valence-electron chi connectivity index (χ3n) is 9.37. The van der Waals surface area contributed by atoms with Crippen LogP contribution in [0.3, 0.4) is 0 Å². The van der Waals surface area contributed by atoms with Crippen LogP contribution in [-0.4, -0.2) is 60.0 Å². The predicted molar refractivity (Wildman–Crippen MR) is 142 cm³/mol. The lowest BCUT2D eigenvalue weighted by Gasteiger charge is -2.43. The average molecular weight is 598 g/mol. The maximum atomic E-state index is 13.8. The van der Waals surface area contributed by atoms with Crippen molar-refractivity contribution in [2.24, 2.45) is 11.8 Å². The Morgan fingerprint density at radius 3 is 1.93 bits per heavy atom. The molecule has 6 rings (SSSR count). The van der Waals surface area contributed by atoms with E-state index >= 15 is 0 Å². The van der Waals surface area contributed by atoms with E-state index < -0.39 is 40.8 Å². The number of hydrogen-bond donors (Lipinski definition) is 1. The monoisotopic (exact) mass is 597 g/mol. The molecule has 2 aromatic carbocycles. The van der Waals surface area contributed by atoms with Crippen LogP contribution in [0, 0.1) is 17.7 Å². The summed E-state index contributed by atoms with van der Waals surface area (Å²) in [6.07, 6.45) is -3.49. The quantitative estimate of drug-likeness (QED) is 0.361. The van der Waals surface area contributed by atoms with Gasteiger partial charge >= 0.3 is 12.4 Å². The van der Waals surface area contributed by atoms with Gasteiger partial charge in [0, 0.05) is 55.8 Å². The Morgan fingerprint density at radius 2 is 1.38 bits per heavy atom. The Labute approximate surface area is 240 Å². The van der Waals surface area contributed by atoms with Crippen LogP contribution >= 0.6 is 0 Å². The topological polar surface area (TPSA) is 35.6 Å². The Bertz CT molecular complexity index is 1240. The van der Waals surface area contributed by atoms with E-state index in [4.69, 9.17) is 0 Å². The van der Waals surface area contributed by atoms with E-state index in [1.807, 2.05) is 0 Å². The minimum Gasteiger partial charge on any atom is -0.338 e. The summed E-state index contributed by atoms with van der Waals surface area (Å²) in [6, 6.07) is 7.88. The zero-order chi connectivity index (χ0) is 29.8.